The lowest BCUT2D eigenvalue weighted by molar-refractivity contribution is -0.126. The number of carbonyl (C=O) groups is 1. The Kier molecular flexibility index (Phi) is 6.84. The number of nitrogens with zero attached hydrogens (tertiary/aromatic N) is 2. The summed E-state index contributed by atoms with van der Waals surface area (Å²) in [7, 11) is 1.63. The molecule has 1 atom stereocenters. The largest absolute Gasteiger partial charge is 0.383 e. The van der Waals surface area contributed by atoms with Gasteiger partial charge in [-0.05, 0) is 13.3 Å². The molecule has 1 heterocycles. The second kappa shape index (κ2) is 8.44. The van der Waals surface area contributed by atoms with Gasteiger partial charge in [-0.3, -0.25) is 9.48 Å². The molecule has 106 valence electrons. The fourth-order valence-corrected chi connectivity index (χ4v) is 1.38. The molecule has 6 heteroatoms. The zero-order valence-corrected chi connectivity index (χ0v) is 11.5. The molecular formula is C13H21N3O3. The van der Waals surface area contributed by atoms with Crippen molar-refractivity contribution < 1.29 is 14.3 Å². The van der Waals surface area contributed by atoms with Crippen molar-refractivity contribution in [2.24, 2.45) is 0 Å². The summed E-state index contributed by atoms with van der Waals surface area (Å²) in [6, 6.07) is 0. The molecule has 0 spiro atoms. The zero-order valence-electron chi connectivity index (χ0n) is 11.5. The van der Waals surface area contributed by atoms with Crippen LogP contribution in [0.5, 0.6) is 0 Å². The van der Waals surface area contributed by atoms with Crippen molar-refractivity contribution in [2.75, 3.05) is 25.6 Å². The van der Waals surface area contributed by atoms with Crippen LogP contribution in [-0.4, -0.2) is 42.1 Å². The average molecular weight is 267 g/mol. The van der Waals surface area contributed by atoms with Gasteiger partial charge in [-0.25, -0.2) is 0 Å². The zero-order chi connectivity index (χ0) is 14.1. The minimum atomic E-state index is -0.498. The Labute approximate surface area is 113 Å². The van der Waals surface area contributed by atoms with E-state index in [1.165, 1.54) is 0 Å². The van der Waals surface area contributed by atoms with Crippen molar-refractivity contribution in [2.45, 2.75) is 26.0 Å². The van der Waals surface area contributed by atoms with Crippen molar-refractivity contribution in [1.29, 1.82) is 0 Å². The van der Waals surface area contributed by atoms with Gasteiger partial charge in [0.15, 0.2) is 0 Å². The Morgan fingerprint density at radius 3 is 3.11 bits per heavy atom. The maximum absolute atomic E-state index is 11.8. The van der Waals surface area contributed by atoms with E-state index in [9.17, 15) is 4.79 Å². The molecule has 6 nitrogen and oxygen atoms in total. The van der Waals surface area contributed by atoms with Crippen LogP contribution in [0, 0.1) is 0 Å². The first kappa shape index (κ1) is 15.4. The molecule has 0 aliphatic carbocycles. The van der Waals surface area contributed by atoms with Crippen LogP contribution >= 0.6 is 0 Å². The lowest BCUT2D eigenvalue weighted by Gasteiger charge is -2.11. The number of anilines is 1. The summed E-state index contributed by atoms with van der Waals surface area (Å²) in [6.45, 7) is 7.03. The summed E-state index contributed by atoms with van der Waals surface area (Å²) in [5, 5.41) is 6.86. The van der Waals surface area contributed by atoms with Crippen LogP contribution < -0.4 is 5.32 Å². The molecule has 19 heavy (non-hydrogen) atoms. The highest BCUT2D eigenvalue weighted by Crippen LogP contribution is 2.06. The number of methoxy groups -OCH3 is 1. The molecule has 0 saturated carbocycles. The van der Waals surface area contributed by atoms with E-state index in [0.717, 1.165) is 6.42 Å². The van der Waals surface area contributed by atoms with Crippen molar-refractivity contribution in [3.8, 4) is 0 Å². The predicted octanol–water partition coefficient (Wildman–Crippen LogP) is 1.45. The maximum atomic E-state index is 11.8. The average Bonchev–Trinajstić information content (AvgIpc) is 2.84. The summed E-state index contributed by atoms with van der Waals surface area (Å²) in [5.41, 5.74) is 0.653. The van der Waals surface area contributed by atoms with Gasteiger partial charge in [0.1, 0.15) is 6.10 Å². The molecule has 0 aliphatic rings. The summed E-state index contributed by atoms with van der Waals surface area (Å²) >= 11 is 0. The number of aromatic nitrogens is 2. The minimum Gasteiger partial charge on any atom is -0.383 e. The van der Waals surface area contributed by atoms with Gasteiger partial charge in [0, 0.05) is 13.3 Å². The van der Waals surface area contributed by atoms with E-state index in [1.807, 2.05) is 0 Å². The molecule has 0 aliphatic heterocycles. The van der Waals surface area contributed by atoms with Gasteiger partial charge in [-0.2, -0.15) is 5.10 Å². The summed E-state index contributed by atoms with van der Waals surface area (Å²) in [6.07, 6.45) is 5.34. The molecule has 1 unspecified atom stereocenters. The Morgan fingerprint density at radius 2 is 2.42 bits per heavy atom. The monoisotopic (exact) mass is 267 g/mol. The van der Waals surface area contributed by atoms with E-state index in [-0.39, 0.29) is 5.91 Å². The first-order valence-electron chi connectivity index (χ1n) is 6.22. The Balaban J connectivity index is 2.38. The normalized spacial score (nSPS) is 12.1. The standard InChI is InChI=1S/C13H21N3O3/c1-4-5-7-19-11(2)13(17)15-12-9-14-16(10-12)6-8-18-3/h4,9-11H,1,5-8H2,2-3H3,(H,15,17). The Bertz CT molecular complexity index is 404. The van der Waals surface area contributed by atoms with Crippen LogP contribution in [0.1, 0.15) is 13.3 Å². The van der Waals surface area contributed by atoms with E-state index in [0.29, 0.717) is 25.4 Å². The molecule has 1 amide bonds. The fourth-order valence-electron chi connectivity index (χ4n) is 1.38. The first-order valence-corrected chi connectivity index (χ1v) is 6.22. The third-order valence-electron chi connectivity index (χ3n) is 2.48. The molecular weight excluding hydrogens is 246 g/mol. The molecule has 0 saturated heterocycles. The third kappa shape index (κ3) is 5.67. The topological polar surface area (TPSA) is 65.4 Å². The number of nitrogens with one attached hydrogen (secondary N) is 1. The van der Waals surface area contributed by atoms with Crippen molar-refractivity contribution >= 4 is 11.6 Å². The molecule has 0 aromatic carbocycles. The number of carbonyl (C=O) groups excluding carboxylic acids is 1. The van der Waals surface area contributed by atoms with Gasteiger partial charge >= 0.3 is 0 Å². The first-order chi connectivity index (χ1) is 9.17. The lowest BCUT2D eigenvalue weighted by atomic mass is 10.3. The maximum Gasteiger partial charge on any atom is 0.253 e. The van der Waals surface area contributed by atoms with Gasteiger partial charge < -0.3 is 14.8 Å². The van der Waals surface area contributed by atoms with Crippen LogP contribution in [-0.2, 0) is 20.8 Å². The van der Waals surface area contributed by atoms with E-state index in [1.54, 1.807) is 37.2 Å². The number of amides is 1. The van der Waals surface area contributed by atoms with E-state index >= 15 is 0 Å². The number of hydrogen-bond donors (Lipinski definition) is 1. The molecule has 0 fully saturated rings. The minimum absolute atomic E-state index is 0.185. The summed E-state index contributed by atoms with van der Waals surface area (Å²) < 4.78 is 12.0. The Hall–Kier alpha value is -1.66. The van der Waals surface area contributed by atoms with Crippen LogP contribution in [0.4, 0.5) is 5.69 Å². The van der Waals surface area contributed by atoms with Crippen molar-refractivity contribution in [3.63, 3.8) is 0 Å². The molecule has 0 bridgehead atoms. The summed E-state index contributed by atoms with van der Waals surface area (Å²) in [5.74, 6) is -0.185. The highest BCUT2D eigenvalue weighted by Gasteiger charge is 2.13. The van der Waals surface area contributed by atoms with E-state index in [4.69, 9.17) is 9.47 Å². The molecule has 1 N–H and O–H groups in total. The van der Waals surface area contributed by atoms with Crippen molar-refractivity contribution in [1.82, 2.24) is 9.78 Å². The van der Waals surface area contributed by atoms with Crippen LogP contribution in [0.2, 0.25) is 0 Å². The van der Waals surface area contributed by atoms with Gasteiger partial charge in [-0.15, -0.1) is 6.58 Å². The second-order valence-corrected chi connectivity index (χ2v) is 4.06. The highest BCUT2D eigenvalue weighted by atomic mass is 16.5. The highest BCUT2D eigenvalue weighted by molar-refractivity contribution is 5.93. The Morgan fingerprint density at radius 1 is 1.63 bits per heavy atom. The van der Waals surface area contributed by atoms with E-state index in [2.05, 4.69) is 17.0 Å². The van der Waals surface area contributed by atoms with Crippen LogP contribution in [0.3, 0.4) is 0 Å². The van der Waals surface area contributed by atoms with Gasteiger partial charge in [0.25, 0.3) is 5.91 Å². The van der Waals surface area contributed by atoms with Gasteiger partial charge in [-0.1, -0.05) is 6.08 Å². The predicted molar refractivity (Wildman–Crippen MR) is 73.0 cm³/mol. The number of rotatable bonds is 9. The van der Waals surface area contributed by atoms with Crippen molar-refractivity contribution in [3.05, 3.63) is 25.0 Å². The second-order valence-electron chi connectivity index (χ2n) is 4.06. The van der Waals surface area contributed by atoms with Crippen LogP contribution in [0.15, 0.2) is 25.0 Å². The third-order valence-corrected chi connectivity index (χ3v) is 2.48. The van der Waals surface area contributed by atoms with Gasteiger partial charge in [0.05, 0.1) is 31.6 Å². The molecule has 1 aromatic rings. The number of hydrogen-bond acceptors (Lipinski definition) is 4. The fraction of sp³-hybridized carbons (Fsp3) is 0.538. The lowest BCUT2D eigenvalue weighted by Crippen LogP contribution is -2.27. The molecule has 1 rings (SSSR count). The molecule has 0 radical (unpaired) electrons. The smallest absolute Gasteiger partial charge is 0.253 e. The quantitative estimate of drug-likeness (QED) is 0.543. The van der Waals surface area contributed by atoms with Crippen LogP contribution in [0.25, 0.3) is 0 Å². The van der Waals surface area contributed by atoms with Gasteiger partial charge in [0.2, 0.25) is 0 Å². The van der Waals surface area contributed by atoms with E-state index < -0.39 is 6.10 Å². The number of ether oxygens (including phenoxy) is 2. The molecule has 1 aromatic heterocycles. The SMILES string of the molecule is C=CCCOC(C)C(=O)Nc1cnn(CCOC)c1. The summed E-state index contributed by atoms with van der Waals surface area (Å²) in [4.78, 5) is 11.8.